The van der Waals surface area contributed by atoms with Gasteiger partial charge in [-0.05, 0) is 44.0 Å². The van der Waals surface area contributed by atoms with Crippen LogP contribution in [0.5, 0.6) is 0 Å². The maximum atomic E-state index is 12.4. The van der Waals surface area contributed by atoms with Gasteiger partial charge in [0.05, 0.1) is 0 Å². The van der Waals surface area contributed by atoms with E-state index in [1.807, 2.05) is 18.2 Å². The first-order valence-electron chi connectivity index (χ1n) is 7.14. The molecule has 1 amide bonds. The number of halogens is 2. The molecule has 5 heteroatoms. The van der Waals surface area contributed by atoms with Gasteiger partial charge < -0.3 is 5.32 Å². The molecule has 0 radical (unpaired) electrons. The Labute approximate surface area is 136 Å². The zero-order valence-corrected chi connectivity index (χ0v) is 14.4. The van der Waals surface area contributed by atoms with Gasteiger partial charge in [-0.15, -0.1) is 0 Å². The molecule has 3 nitrogen and oxygen atoms in total. The standard InChI is InChI=1S/C15H18Br2N2O/c16-11-7-10(8-12(17)9-11)15(20)18-13-4-6-19-5-2-1-3-14(13)19/h7-9,13-14H,1-6H2,(H,18,20). The van der Waals surface area contributed by atoms with E-state index in [4.69, 9.17) is 0 Å². The third kappa shape index (κ3) is 3.10. The molecule has 0 aliphatic carbocycles. The predicted octanol–water partition coefficient (Wildman–Crippen LogP) is 3.57. The number of nitrogens with one attached hydrogen (secondary N) is 1. The van der Waals surface area contributed by atoms with Crippen LogP contribution in [0.25, 0.3) is 0 Å². The van der Waals surface area contributed by atoms with Crippen LogP contribution in [0.4, 0.5) is 0 Å². The summed E-state index contributed by atoms with van der Waals surface area (Å²) >= 11 is 6.86. The Balaban J connectivity index is 1.69. The minimum atomic E-state index is 0.0319. The number of benzene rings is 1. The lowest BCUT2D eigenvalue weighted by Gasteiger charge is -2.32. The highest BCUT2D eigenvalue weighted by Crippen LogP contribution is 2.27. The molecule has 0 saturated carbocycles. The number of hydrogen-bond donors (Lipinski definition) is 1. The lowest BCUT2D eigenvalue weighted by atomic mass is 9.99. The third-order valence-corrected chi connectivity index (χ3v) is 5.21. The summed E-state index contributed by atoms with van der Waals surface area (Å²) in [4.78, 5) is 14.9. The number of piperidine rings is 1. The number of nitrogens with zero attached hydrogens (tertiary/aromatic N) is 1. The van der Waals surface area contributed by atoms with Gasteiger partial charge in [0.15, 0.2) is 0 Å². The van der Waals surface area contributed by atoms with E-state index in [1.54, 1.807) is 0 Å². The van der Waals surface area contributed by atoms with Crippen molar-refractivity contribution in [1.29, 1.82) is 0 Å². The molecular formula is C15H18Br2N2O. The van der Waals surface area contributed by atoms with Gasteiger partial charge in [0.1, 0.15) is 0 Å². The van der Waals surface area contributed by atoms with Crippen molar-refractivity contribution < 1.29 is 4.79 Å². The fourth-order valence-corrected chi connectivity index (χ4v) is 4.65. The van der Waals surface area contributed by atoms with Crippen LogP contribution in [0.3, 0.4) is 0 Å². The molecule has 1 aromatic carbocycles. The van der Waals surface area contributed by atoms with Gasteiger partial charge in [-0.3, -0.25) is 9.69 Å². The first-order chi connectivity index (χ1) is 9.63. The van der Waals surface area contributed by atoms with Gasteiger partial charge >= 0.3 is 0 Å². The minimum absolute atomic E-state index is 0.0319. The molecule has 2 saturated heterocycles. The van der Waals surface area contributed by atoms with Crippen molar-refractivity contribution in [2.45, 2.75) is 37.8 Å². The summed E-state index contributed by atoms with van der Waals surface area (Å²) in [6.45, 7) is 2.32. The summed E-state index contributed by atoms with van der Waals surface area (Å²) in [6, 6.07) is 6.53. The summed E-state index contributed by atoms with van der Waals surface area (Å²) in [5, 5.41) is 3.23. The lowest BCUT2D eigenvalue weighted by molar-refractivity contribution is 0.0915. The Morgan fingerprint density at radius 3 is 2.60 bits per heavy atom. The van der Waals surface area contributed by atoms with Crippen LogP contribution in [0.2, 0.25) is 0 Å². The summed E-state index contributed by atoms with van der Waals surface area (Å²) in [7, 11) is 0. The van der Waals surface area contributed by atoms with Crippen molar-refractivity contribution in [2.24, 2.45) is 0 Å². The van der Waals surface area contributed by atoms with E-state index in [-0.39, 0.29) is 5.91 Å². The van der Waals surface area contributed by atoms with Crippen molar-refractivity contribution in [3.05, 3.63) is 32.7 Å². The molecule has 2 atom stereocenters. The largest absolute Gasteiger partial charge is 0.348 e. The second kappa shape index (κ2) is 6.16. The van der Waals surface area contributed by atoms with E-state index in [0.29, 0.717) is 17.6 Å². The molecule has 2 aliphatic rings. The van der Waals surface area contributed by atoms with Crippen LogP contribution in [0.15, 0.2) is 27.1 Å². The zero-order valence-electron chi connectivity index (χ0n) is 11.2. The molecule has 1 aromatic rings. The van der Waals surface area contributed by atoms with Crippen molar-refractivity contribution in [1.82, 2.24) is 10.2 Å². The fourth-order valence-electron chi connectivity index (χ4n) is 3.35. The minimum Gasteiger partial charge on any atom is -0.348 e. The molecule has 1 N–H and O–H groups in total. The second-order valence-corrected chi connectivity index (χ2v) is 7.46. The highest BCUT2D eigenvalue weighted by Gasteiger charge is 2.36. The average Bonchev–Trinajstić information content (AvgIpc) is 2.81. The number of hydrogen-bond acceptors (Lipinski definition) is 2. The predicted molar refractivity (Wildman–Crippen MR) is 86.9 cm³/mol. The van der Waals surface area contributed by atoms with Crippen LogP contribution in [-0.4, -0.2) is 36.0 Å². The molecule has 0 spiro atoms. The van der Waals surface area contributed by atoms with E-state index in [9.17, 15) is 4.79 Å². The summed E-state index contributed by atoms with van der Waals surface area (Å²) in [5.41, 5.74) is 0.709. The van der Waals surface area contributed by atoms with Crippen LogP contribution < -0.4 is 5.32 Å². The van der Waals surface area contributed by atoms with Crippen LogP contribution in [-0.2, 0) is 0 Å². The molecule has 2 unspecified atom stereocenters. The van der Waals surface area contributed by atoms with E-state index >= 15 is 0 Å². The Morgan fingerprint density at radius 1 is 1.10 bits per heavy atom. The van der Waals surface area contributed by atoms with Crippen molar-refractivity contribution >= 4 is 37.8 Å². The van der Waals surface area contributed by atoms with Crippen molar-refractivity contribution in [3.8, 4) is 0 Å². The molecule has 3 rings (SSSR count). The summed E-state index contributed by atoms with van der Waals surface area (Å²) < 4.78 is 1.84. The van der Waals surface area contributed by atoms with Crippen LogP contribution in [0.1, 0.15) is 36.0 Å². The zero-order chi connectivity index (χ0) is 14.1. The van der Waals surface area contributed by atoms with Crippen LogP contribution >= 0.6 is 31.9 Å². The Morgan fingerprint density at radius 2 is 1.85 bits per heavy atom. The highest BCUT2D eigenvalue weighted by atomic mass is 79.9. The van der Waals surface area contributed by atoms with Crippen molar-refractivity contribution in [2.75, 3.05) is 13.1 Å². The molecule has 2 fully saturated rings. The maximum absolute atomic E-state index is 12.4. The molecule has 2 aliphatic heterocycles. The third-order valence-electron chi connectivity index (χ3n) is 4.30. The smallest absolute Gasteiger partial charge is 0.251 e. The lowest BCUT2D eigenvalue weighted by Crippen LogP contribution is -2.46. The van der Waals surface area contributed by atoms with E-state index < -0.39 is 0 Å². The molecule has 20 heavy (non-hydrogen) atoms. The van der Waals surface area contributed by atoms with Gasteiger partial charge in [-0.2, -0.15) is 0 Å². The molecule has 108 valence electrons. The molecule has 0 aromatic heterocycles. The van der Waals surface area contributed by atoms with Gasteiger partial charge in [0.25, 0.3) is 5.91 Å². The fraction of sp³-hybridized carbons (Fsp3) is 0.533. The molecule has 2 heterocycles. The van der Waals surface area contributed by atoms with E-state index in [2.05, 4.69) is 42.1 Å². The molecular weight excluding hydrogens is 384 g/mol. The first-order valence-corrected chi connectivity index (χ1v) is 8.73. The number of carbonyl (C=O) groups is 1. The molecule has 0 bridgehead atoms. The maximum Gasteiger partial charge on any atom is 0.251 e. The Kier molecular flexibility index (Phi) is 4.48. The SMILES string of the molecule is O=C(NC1CCN2CCCCC12)c1cc(Br)cc(Br)c1. The summed E-state index contributed by atoms with van der Waals surface area (Å²) in [5.74, 6) is 0.0319. The number of fused-ring (bicyclic) bond motifs is 1. The van der Waals surface area contributed by atoms with Gasteiger partial charge in [-0.1, -0.05) is 38.3 Å². The number of carbonyl (C=O) groups excluding carboxylic acids is 1. The highest BCUT2D eigenvalue weighted by molar-refractivity contribution is 9.11. The van der Waals surface area contributed by atoms with Gasteiger partial charge in [0.2, 0.25) is 0 Å². The Bertz CT molecular complexity index is 500. The van der Waals surface area contributed by atoms with Gasteiger partial charge in [0, 0.05) is 33.1 Å². The van der Waals surface area contributed by atoms with Gasteiger partial charge in [-0.25, -0.2) is 0 Å². The first kappa shape index (κ1) is 14.5. The Hall–Kier alpha value is -0.390. The normalized spacial score (nSPS) is 26.3. The van der Waals surface area contributed by atoms with Crippen molar-refractivity contribution in [3.63, 3.8) is 0 Å². The van der Waals surface area contributed by atoms with E-state index in [0.717, 1.165) is 21.9 Å². The van der Waals surface area contributed by atoms with E-state index in [1.165, 1.54) is 25.8 Å². The number of amides is 1. The topological polar surface area (TPSA) is 32.3 Å². The monoisotopic (exact) mass is 400 g/mol. The quantitative estimate of drug-likeness (QED) is 0.821. The average molecular weight is 402 g/mol. The summed E-state index contributed by atoms with van der Waals surface area (Å²) in [6.07, 6.45) is 4.88. The van der Waals surface area contributed by atoms with Crippen LogP contribution in [0, 0.1) is 0 Å². The number of rotatable bonds is 2. The second-order valence-electron chi connectivity index (χ2n) is 5.63.